The molecule has 0 spiro atoms. The van der Waals surface area contributed by atoms with Gasteiger partial charge in [-0.2, -0.15) is 13.2 Å². The second-order valence-corrected chi connectivity index (χ2v) is 8.26. The maximum atomic E-state index is 13.8. The quantitative estimate of drug-likeness (QED) is 0.271. The van der Waals surface area contributed by atoms with Crippen LogP contribution in [-0.2, 0) is 4.79 Å². The fourth-order valence-electron chi connectivity index (χ4n) is 2.56. The molecule has 1 aliphatic rings. The van der Waals surface area contributed by atoms with E-state index < -0.39 is 39.6 Å². The Balaban J connectivity index is 2.18. The molecule has 1 aromatic heterocycles. The average Bonchev–Trinajstić information content (AvgIpc) is 3.25. The number of fused-ring (bicyclic) bond motifs is 1. The van der Waals surface area contributed by atoms with Crippen molar-refractivity contribution in [1.82, 2.24) is 5.43 Å². The summed E-state index contributed by atoms with van der Waals surface area (Å²) in [6, 6.07) is 9.52. The molecule has 2 aromatic rings. The molecular weight excluding hydrogens is 385 g/mol. The number of hydrogen-bond donors (Lipinski definition) is 2. The minimum Gasteiger partial charge on any atom is -0.293 e. The first-order valence-electron chi connectivity index (χ1n) is 7.38. The lowest BCUT2D eigenvalue weighted by Gasteiger charge is -2.18. The Kier molecular flexibility index (Phi) is 5.12. The molecule has 0 radical (unpaired) electrons. The summed E-state index contributed by atoms with van der Waals surface area (Å²) in [6.07, 6.45) is -4.15. The first-order valence-corrected chi connectivity index (χ1v) is 9.49. The molecule has 0 saturated heterocycles. The molecule has 1 unspecified atom stereocenters. The Morgan fingerprint density at radius 3 is 2.50 bits per heavy atom. The van der Waals surface area contributed by atoms with Crippen LogP contribution in [0.4, 0.5) is 13.2 Å². The third-order valence-corrected chi connectivity index (χ3v) is 7.01. The van der Waals surface area contributed by atoms with Crippen molar-refractivity contribution in [3.05, 3.63) is 57.1 Å². The molecule has 26 heavy (non-hydrogen) atoms. The molecule has 136 valence electrons. The van der Waals surface area contributed by atoms with Crippen LogP contribution in [0.2, 0.25) is 0 Å². The Labute approximate surface area is 153 Å². The Morgan fingerprint density at radius 2 is 1.88 bits per heavy atom. The number of halogens is 3. The summed E-state index contributed by atoms with van der Waals surface area (Å²) in [7, 11) is -1.71. The number of hydrogen-bond acceptors (Lipinski definition) is 4. The molecule has 3 rings (SSSR count). The van der Waals surface area contributed by atoms with Gasteiger partial charge < -0.3 is 0 Å². The van der Waals surface area contributed by atoms with Gasteiger partial charge in [-0.15, -0.1) is 21.8 Å². The summed E-state index contributed by atoms with van der Waals surface area (Å²) in [4.78, 5) is 24.0. The predicted octanol–water partition coefficient (Wildman–Crippen LogP) is 3.73. The monoisotopic (exact) mass is 398 g/mol. The molecular formula is C17H13F3N2O2S2. The van der Waals surface area contributed by atoms with Crippen LogP contribution in [0.3, 0.4) is 0 Å². The van der Waals surface area contributed by atoms with Gasteiger partial charge >= 0.3 is 6.18 Å². The first kappa shape index (κ1) is 18.6. The SMILES string of the molecule is NNC(=O)C1=Cc2ccccc2S1=C(CC(=O)c1cccs1)C(F)(F)F. The van der Waals surface area contributed by atoms with Crippen LogP contribution >= 0.6 is 21.8 Å². The summed E-state index contributed by atoms with van der Waals surface area (Å²) in [5.41, 5.74) is 2.41. The van der Waals surface area contributed by atoms with E-state index in [0.717, 1.165) is 11.3 Å². The Bertz CT molecular complexity index is 932. The van der Waals surface area contributed by atoms with E-state index in [2.05, 4.69) is 0 Å². The second kappa shape index (κ2) is 7.18. The summed E-state index contributed by atoms with van der Waals surface area (Å²) < 4.78 is 41.5. The maximum Gasteiger partial charge on any atom is 0.418 e. The van der Waals surface area contributed by atoms with E-state index in [-0.39, 0.29) is 9.78 Å². The minimum absolute atomic E-state index is 0.0972. The molecule has 1 amide bonds. The van der Waals surface area contributed by atoms with Gasteiger partial charge in [0.05, 0.1) is 14.6 Å². The van der Waals surface area contributed by atoms with Gasteiger partial charge in [0.2, 0.25) is 0 Å². The number of carbonyl (C=O) groups excluding carboxylic acids is 2. The van der Waals surface area contributed by atoms with Crippen molar-refractivity contribution in [2.24, 2.45) is 5.84 Å². The predicted molar refractivity (Wildman–Crippen MR) is 96.9 cm³/mol. The topological polar surface area (TPSA) is 72.2 Å². The zero-order chi connectivity index (χ0) is 18.9. The third kappa shape index (κ3) is 3.50. The lowest BCUT2D eigenvalue weighted by Crippen LogP contribution is -2.32. The molecule has 0 aliphatic carbocycles. The van der Waals surface area contributed by atoms with Gasteiger partial charge in [-0.3, -0.25) is 15.0 Å². The number of rotatable bonds is 4. The van der Waals surface area contributed by atoms with Crippen LogP contribution in [0.15, 0.2) is 51.6 Å². The highest BCUT2D eigenvalue weighted by Gasteiger charge is 2.41. The first-order chi connectivity index (χ1) is 12.3. The normalized spacial score (nSPS) is 16.7. The van der Waals surface area contributed by atoms with Crippen molar-refractivity contribution in [3.63, 3.8) is 0 Å². The summed E-state index contributed by atoms with van der Waals surface area (Å²) in [6.45, 7) is 0. The number of nitrogens with two attached hydrogens (primary N) is 1. The van der Waals surface area contributed by atoms with Crippen molar-refractivity contribution in [1.29, 1.82) is 0 Å². The fraction of sp³-hybridized carbons (Fsp3) is 0.118. The van der Waals surface area contributed by atoms with Crippen LogP contribution in [0, 0.1) is 0 Å². The van der Waals surface area contributed by atoms with Crippen molar-refractivity contribution in [2.75, 3.05) is 0 Å². The van der Waals surface area contributed by atoms with Gasteiger partial charge in [-0.05, 0) is 29.2 Å². The highest BCUT2D eigenvalue weighted by Crippen LogP contribution is 2.49. The molecule has 0 fully saturated rings. The van der Waals surface area contributed by atoms with E-state index in [1.807, 2.05) is 5.43 Å². The molecule has 2 heterocycles. The van der Waals surface area contributed by atoms with Crippen molar-refractivity contribution in [3.8, 4) is 0 Å². The molecule has 3 N–H and O–H groups in total. The van der Waals surface area contributed by atoms with Gasteiger partial charge in [0.15, 0.2) is 5.78 Å². The zero-order valence-electron chi connectivity index (χ0n) is 13.2. The van der Waals surface area contributed by atoms with E-state index in [1.165, 1.54) is 18.2 Å². The lowest BCUT2D eigenvalue weighted by molar-refractivity contribution is -0.116. The Morgan fingerprint density at radius 1 is 1.15 bits per heavy atom. The Hall–Kier alpha value is -2.23. The van der Waals surface area contributed by atoms with Crippen molar-refractivity contribution >= 4 is 44.5 Å². The summed E-state index contributed by atoms with van der Waals surface area (Å²) >= 11 is 1.08. The van der Waals surface area contributed by atoms with E-state index in [9.17, 15) is 22.8 Å². The smallest absolute Gasteiger partial charge is 0.293 e. The minimum atomic E-state index is -4.73. The highest BCUT2D eigenvalue weighted by molar-refractivity contribution is 8.20. The number of ketones is 1. The van der Waals surface area contributed by atoms with Crippen LogP contribution in [0.5, 0.6) is 0 Å². The number of carbonyl (C=O) groups is 2. The van der Waals surface area contributed by atoms with Crippen LogP contribution in [-0.4, -0.2) is 22.7 Å². The van der Waals surface area contributed by atoms with Crippen LogP contribution < -0.4 is 11.3 Å². The average molecular weight is 398 g/mol. The number of thiophene rings is 1. The third-order valence-electron chi connectivity index (χ3n) is 3.68. The van der Waals surface area contributed by atoms with E-state index in [4.69, 9.17) is 5.84 Å². The number of Topliss-reactive ketones (excluding diaryl/α,β-unsaturated/α-hetero) is 1. The fourth-order valence-corrected chi connectivity index (χ4v) is 5.56. The molecule has 0 bridgehead atoms. The van der Waals surface area contributed by atoms with Crippen molar-refractivity contribution in [2.45, 2.75) is 17.5 Å². The summed E-state index contributed by atoms with van der Waals surface area (Å²) in [5, 5.41) is 1.63. The largest absolute Gasteiger partial charge is 0.418 e. The molecule has 1 aliphatic heterocycles. The molecule has 0 saturated carbocycles. The highest BCUT2D eigenvalue weighted by atomic mass is 32.2. The van der Waals surface area contributed by atoms with Crippen LogP contribution in [0.25, 0.3) is 6.08 Å². The lowest BCUT2D eigenvalue weighted by atomic mass is 10.2. The number of amides is 1. The van der Waals surface area contributed by atoms with Gasteiger partial charge in [0.25, 0.3) is 5.91 Å². The maximum absolute atomic E-state index is 13.8. The molecule has 4 nitrogen and oxygen atoms in total. The van der Waals surface area contributed by atoms with Crippen LogP contribution in [0.1, 0.15) is 21.7 Å². The van der Waals surface area contributed by atoms with Gasteiger partial charge in [0.1, 0.15) is 0 Å². The van der Waals surface area contributed by atoms with E-state index >= 15 is 0 Å². The molecule has 1 atom stereocenters. The number of alkyl halides is 3. The van der Waals surface area contributed by atoms with E-state index in [1.54, 1.807) is 29.6 Å². The summed E-state index contributed by atoms with van der Waals surface area (Å²) in [5.74, 6) is 3.72. The zero-order valence-corrected chi connectivity index (χ0v) is 14.8. The number of benzene rings is 1. The van der Waals surface area contributed by atoms with Gasteiger partial charge in [0, 0.05) is 11.3 Å². The molecule has 1 aromatic carbocycles. The molecule has 9 heteroatoms. The van der Waals surface area contributed by atoms with Gasteiger partial charge in [-0.1, -0.05) is 24.3 Å². The van der Waals surface area contributed by atoms with Gasteiger partial charge in [-0.25, -0.2) is 5.84 Å². The number of hydrazine groups is 1. The van der Waals surface area contributed by atoms with E-state index in [0.29, 0.717) is 10.5 Å². The van der Waals surface area contributed by atoms with Crippen molar-refractivity contribution < 1.29 is 22.8 Å². The number of nitrogens with one attached hydrogen (secondary N) is 1. The second-order valence-electron chi connectivity index (χ2n) is 5.32. The standard InChI is InChI=1S/C17H13F3N2O2S2/c18-17(19,20)15(9-11(23)12-5-3-7-25-12)26-13-6-2-1-4-10(13)8-14(26)16(24)22-21/h1-8H,9,21H2,(H,22,24).